The van der Waals surface area contributed by atoms with Gasteiger partial charge >= 0.3 is 0 Å². The molecule has 0 aliphatic carbocycles. The third kappa shape index (κ3) is 4.15. The Kier molecular flexibility index (Phi) is 5.43. The molecular weight excluding hydrogens is 378 g/mol. The number of hydrogen-bond donors (Lipinski definition) is 2. The van der Waals surface area contributed by atoms with Crippen LogP contribution in [0.4, 0.5) is 11.6 Å². The highest BCUT2D eigenvalue weighted by atomic mass is 16.2. The molecule has 2 amide bonds. The normalized spacial score (nSPS) is 15.8. The van der Waals surface area contributed by atoms with Crippen molar-refractivity contribution in [1.29, 1.82) is 0 Å². The molecule has 1 aromatic heterocycles. The number of aryl methyl sites for hydroxylation is 1. The molecule has 7 heteroatoms. The van der Waals surface area contributed by atoms with E-state index in [1.54, 1.807) is 24.4 Å². The molecule has 2 aromatic carbocycles. The lowest BCUT2D eigenvalue weighted by Gasteiger charge is -2.19. The Hall–Kier alpha value is -3.74. The van der Waals surface area contributed by atoms with Crippen LogP contribution >= 0.6 is 0 Å². The summed E-state index contributed by atoms with van der Waals surface area (Å²) in [5, 5.41) is 7.05. The first-order chi connectivity index (χ1) is 14.5. The van der Waals surface area contributed by atoms with Gasteiger partial charge in [0.05, 0.1) is 5.52 Å². The lowest BCUT2D eigenvalue weighted by atomic mass is 10.1. The molecule has 4 rings (SSSR count). The Labute approximate surface area is 174 Å². The molecule has 1 unspecified atom stereocenters. The summed E-state index contributed by atoms with van der Waals surface area (Å²) in [6, 6.07) is 13.2. The van der Waals surface area contributed by atoms with Gasteiger partial charge in [-0.2, -0.15) is 0 Å². The lowest BCUT2D eigenvalue weighted by Crippen LogP contribution is -2.32. The Bertz CT molecular complexity index is 1130. The second-order valence-electron chi connectivity index (χ2n) is 7.36. The number of fused-ring (bicyclic) bond motifs is 1. The fraction of sp³-hybridized carbons (Fsp3) is 0.217. The molecule has 0 radical (unpaired) electrons. The first-order valence-electron chi connectivity index (χ1n) is 9.85. The van der Waals surface area contributed by atoms with Gasteiger partial charge in [0.15, 0.2) is 0 Å². The molecular formula is C23H23N5O2. The molecule has 1 aliphatic rings. The molecule has 0 bridgehead atoms. The molecule has 1 saturated heterocycles. The van der Waals surface area contributed by atoms with Crippen LogP contribution in [0.3, 0.4) is 0 Å². The smallest absolute Gasteiger partial charge is 0.254 e. The maximum absolute atomic E-state index is 13.0. The van der Waals surface area contributed by atoms with Crippen molar-refractivity contribution in [2.24, 2.45) is 0 Å². The summed E-state index contributed by atoms with van der Waals surface area (Å²) in [6.45, 7) is 6.56. The van der Waals surface area contributed by atoms with E-state index < -0.39 is 0 Å². The zero-order valence-corrected chi connectivity index (χ0v) is 16.8. The van der Waals surface area contributed by atoms with Crippen LogP contribution in [0.5, 0.6) is 0 Å². The van der Waals surface area contributed by atoms with Gasteiger partial charge in [-0.15, -0.1) is 0 Å². The van der Waals surface area contributed by atoms with Crippen molar-refractivity contribution in [1.82, 2.24) is 14.9 Å². The average molecular weight is 401 g/mol. The summed E-state index contributed by atoms with van der Waals surface area (Å²) >= 11 is 0. The predicted octanol–water partition coefficient (Wildman–Crippen LogP) is 3.39. The number of benzene rings is 2. The van der Waals surface area contributed by atoms with E-state index in [1.807, 2.05) is 36.1 Å². The number of nitrogens with one attached hydrogen (secondary N) is 2. The minimum absolute atomic E-state index is 0.0159. The molecule has 7 nitrogen and oxygen atoms in total. The second-order valence-corrected chi connectivity index (χ2v) is 7.36. The van der Waals surface area contributed by atoms with Gasteiger partial charge < -0.3 is 15.5 Å². The van der Waals surface area contributed by atoms with Crippen LogP contribution in [0.1, 0.15) is 22.3 Å². The third-order valence-electron chi connectivity index (χ3n) is 5.21. The van der Waals surface area contributed by atoms with Gasteiger partial charge in [-0.25, -0.2) is 9.97 Å². The first kappa shape index (κ1) is 19.6. The van der Waals surface area contributed by atoms with Crippen LogP contribution in [0.25, 0.3) is 10.9 Å². The molecule has 1 atom stereocenters. The van der Waals surface area contributed by atoms with Crippen LogP contribution in [-0.2, 0) is 4.79 Å². The van der Waals surface area contributed by atoms with Gasteiger partial charge in [-0.05, 0) is 49.2 Å². The Morgan fingerprint density at radius 2 is 2.07 bits per heavy atom. The van der Waals surface area contributed by atoms with Gasteiger partial charge in [0, 0.05) is 42.0 Å². The van der Waals surface area contributed by atoms with Crippen molar-refractivity contribution in [3.63, 3.8) is 0 Å². The third-order valence-corrected chi connectivity index (χ3v) is 5.21. The van der Waals surface area contributed by atoms with Crippen molar-refractivity contribution < 1.29 is 9.59 Å². The number of anilines is 2. The summed E-state index contributed by atoms with van der Waals surface area (Å²) < 4.78 is 0. The van der Waals surface area contributed by atoms with Gasteiger partial charge in [0.2, 0.25) is 11.9 Å². The number of para-hydroxylation sites is 1. The van der Waals surface area contributed by atoms with E-state index in [-0.39, 0.29) is 17.9 Å². The van der Waals surface area contributed by atoms with Crippen LogP contribution in [0.15, 0.2) is 61.3 Å². The van der Waals surface area contributed by atoms with Crippen LogP contribution in [-0.4, -0.2) is 45.8 Å². The quantitative estimate of drug-likeness (QED) is 0.640. The molecule has 30 heavy (non-hydrogen) atoms. The van der Waals surface area contributed by atoms with Crippen LogP contribution in [0, 0.1) is 6.92 Å². The van der Waals surface area contributed by atoms with Crippen LogP contribution in [0.2, 0.25) is 0 Å². The molecule has 3 aromatic rings. The van der Waals surface area contributed by atoms with E-state index in [1.165, 1.54) is 6.08 Å². The van der Waals surface area contributed by atoms with E-state index in [9.17, 15) is 9.59 Å². The van der Waals surface area contributed by atoms with Crippen molar-refractivity contribution in [2.45, 2.75) is 19.4 Å². The Balaban J connectivity index is 1.41. The highest BCUT2D eigenvalue weighted by molar-refractivity contribution is 6.00. The fourth-order valence-electron chi connectivity index (χ4n) is 3.63. The highest BCUT2D eigenvalue weighted by Gasteiger charge is 2.28. The molecule has 2 N–H and O–H groups in total. The lowest BCUT2D eigenvalue weighted by molar-refractivity contribution is -0.111. The van der Waals surface area contributed by atoms with Gasteiger partial charge in [0.1, 0.15) is 0 Å². The van der Waals surface area contributed by atoms with Gasteiger partial charge in [0.25, 0.3) is 5.91 Å². The van der Waals surface area contributed by atoms with E-state index in [0.717, 1.165) is 22.9 Å². The van der Waals surface area contributed by atoms with Crippen molar-refractivity contribution >= 4 is 34.4 Å². The summed E-state index contributed by atoms with van der Waals surface area (Å²) in [4.78, 5) is 35.2. The predicted molar refractivity (Wildman–Crippen MR) is 117 cm³/mol. The largest absolute Gasteiger partial charge is 0.350 e. The van der Waals surface area contributed by atoms with E-state index >= 15 is 0 Å². The summed E-state index contributed by atoms with van der Waals surface area (Å²) in [6.07, 6.45) is 3.85. The molecule has 2 heterocycles. The number of nitrogens with zero attached hydrogens (tertiary/aromatic N) is 3. The topological polar surface area (TPSA) is 87.2 Å². The summed E-state index contributed by atoms with van der Waals surface area (Å²) in [5.74, 6) is 0.280. The zero-order chi connectivity index (χ0) is 21.1. The standard InChI is InChI=1S/C23H23N5O2/c1-3-21(29)25-17-8-9-19(15(2)12-17)22(30)28-11-10-18(14-28)26-23-24-13-16-6-4-5-7-20(16)27-23/h3-9,12-13,18H,1,10-11,14H2,2H3,(H,25,29)(H,24,26,27). The minimum atomic E-state index is -0.280. The number of amides is 2. The van der Waals surface area contributed by atoms with E-state index in [4.69, 9.17) is 0 Å². The van der Waals surface area contributed by atoms with Crippen molar-refractivity contribution in [3.05, 3.63) is 72.4 Å². The highest BCUT2D eigenvalue weighted by Crippen LogP contribution is 2.21. The van der Waals surface area contributed by atoms with Gasteiger partial charge in [-0.3, -0.25) is 9.59 Å². The molecule has 0 saturated carbocycles. The zero-order valence-electron chi connectivity index (χ0n) is 16.8. The molecule has 1 aliphatic heterocycles. The molecule has 0 spiro atoms. The number of carbonyl (C=O) groups is 2. The molecule has 152 valence electrons. The fourth-order valence-corrected chi connectivity index (χ4v) is 3.63. The maximum Gasteiger partial charge on any atom is 0.254 e. The average Bonchev–Trinajstić information content (AvgIpc) is 3.21. The number of hydrogen-bond acceptors (Lipinski definition) is 5. The van der Waals surface area contributed by atoms with E-state index in [2.05, 4.69) is 27.2 Å². The SMILES string of the molecule is C=CC(=O)Nc1ccc(C(=O)N2CCC(Nc3ncc4ccccc4n3)C2)c(C)c1. The maximum atomic E-state index is 13.0. The van der Waals surface area contributed by atoms with E-state index in [0.29, 0.717) is 30.3 Å². The first-order valence-corrected chi connectivity index (χ1v) is 9.85. The minimum Gasteiger partial charge on any atom is -0.350 e. The second kappa shape index (κ2) is 8.32. The number of carbonyl (C=O) groups excluding carboxylic acids is 2. The van der Waals surface area contributed by atoms with Crippen LogP contribution < -0.4 is 10.6 Å². The number of likely N-dealkylation sites (tertiary alicyclic amines) is 1. The van der Waals surface area contributed by atoms with Gasteiger partial charge in [-0.1, -0.05) is 24.8 Å². The Morgan fingerprint density at radius 1 is 1.23 bits per heavy atom. The monoisotopic (exact) mass is 401 g/mol. The number of rotatable bonds is 5. The Morgan fingerprint density at radius 3 is 2.87 bits per heavy atom. The summed E-state index contributed by atoms with van der Waals surface area (Å²) in [5.41, 5.74) is 2.98. The summed E-state index contributed by atoms with van der Waals surface area (Å²) in [7, 11) is 0. The van der Waals surface area contributed by atoms with Crippen molar-refractivity contribution in [3.8, 4) is 0 Å². The van der Waals surface area contributed by atoms with Crippen molar-refractivity contribution in [2.75, 3.05) is 23.7 Å². The molecule has 1 fully saturated rings. The number of aromatic nitrogens is 2.